The smallest absolute Gasteiger partial charge is 0.407 e. The number of rotatable bonds is 12. The zero-order chi connectivity index (χ0) is 43.0. The molecule has 2 aliphatic heterocycles. The number of hydrazine groups is 1. The summed E-state index contributed by atoms with van der Waals surface area (Å²) in [6, 6.07) is 11.9. The van der Waals surface area contributed by atoms with Gasteiger partial charge in [0.25, 0.3) is 5.91 Å². The molecule has 60 heavy (non-hydrogen) atoms. The summed E-state index contributed by atoms with van der Waals surface area (Å²) in [6.07, 6.45) is 3.65. The first-order valence-electron chi connectivity index (χ1n) is 20.8. The van der Waals surface area contributed by atoms with Crippen molar-refractivity contribution in [3.8, 4) is 11.1 Å². The molecule has 5 N–H and O–H groups in total. The van der Waals surface area contributed by atoms with Crippen LogP contribution in [0.3, 0.4) is 0 Å². The van der Waals surface area contributed by atoms with E-state index < -0.39 is 53.6 Å². The number of amides is 7. The Morgan fingerprint density at radius 1 is 0.900 bits per heavy atom. The van der Waals surface area contributed by atoms with E-state index in [4.69, 9.17) is 9.47 Å². The fraction of sp³-hybridized carbons (Fsp3) is 0.535. The lowest BCUT2D eigenvalue weighted by Crippen LogP contribution is -2.64. The molecule has 0 bridgehead atoms. The summed E-state index contributed by atoms with van der Waals surface area (Å²) in [4.78, 5) is 92.4. The average molecular weight is 829 g/mol. The van der Waals surface area contributed by atoms with E-state index >= 15 is 0 Å². The van der Waals surface area contributed by atoms with Crippen LogP contribution in [-0.4, -0.2) is 108 Å². The number of hydrogen-bond acceptors (Lipinski definition) is 10. The van der Waals surface area contributed by atoms with Gasteiger partial charge in [0.2, 0.25) is 17.7 Å². The Morgan fingerprint density at radius 3 is 2.22 bits per heavy atom. The van der Waals surface area contributed by atoms with E-state index in [0.717, 1.165) is 52.9 Å². The van der Waals surface area contributed by atoms with Gasteiger partial charge in [-0.1, -0.05) is 48.5 Å². The second kappa shape index (κ2) is 19.4. The third kappa shape index (κ3) is 10.8. The number of nitrogens with one attached hydrogen (secondary N) is 5. The topological polar surface area (TPSA) is 217 Å². The van der Waals surface area contributed by atoms with Crippen LogP contribution >= 0.6 is 0 Å². The maximum absolute atomic E-state index is 14.2. The number of benzene rings is 2. The third-order valence-electron chi connectivity index (χ3n) is 11.4. The van der Waals surface area contributed by atoms with Gasteiger partial charge < -0.3 is 30.7 Å². The molecule has 2 aliphatic carbocycles. The van der Waals surface area contributed by atoms with Gasteiger partial charge in [0, 0.05) is 44.6 Å². The van der Waals surface area contributed by atoms with Crippen LogP contribution in [-0.2, 0) is 33.4 Å². The normalized spacial score (nSPS) is 22.1. The molecule has 3 atom stereocenters. The van der Waals surface area contributed by atoms with Crippen LogP contribution in [0.4, 0.5) is 9.59 Å². The Kier molecular flexibility index (Phi) is 14.1. The predicted octanol–water partition coefficient (Wildman–Crippen LogP) is 3.48. The van der Waals surface area contributed by atoms with Gasteiger partial charge >= 0.3 is 18.1 Å². The first kappa shape index (κ1) is 43.6. The highest BCUT2D eigenvalue weighted by Crippen LogP contribution is 2.44. The lowest BCUT2D eigenvalue weighted by atomic mass is 9.81. The van der Waals surface area contributed by atoms with Crippen molar-refractivity contribution in [2.75, 3.05) is 26.7 Å². The van der Waals surface area contributed by atoms with Crippen LogP contribution in [0.2, 0.25) is 0 Å². The van der Waals surface area contributed by atoms with Gasteiger partial charge in [-0.25, -0.2) is 20.0 Å². The molecule has 0 aromatic heterocycles. The molecular formula is C43H56N8O9. The van der Waals surface area contributed by atoms with Gasteiger partial charge in [-0.3, -0.25) is 29.0 Å². The molecule has 1 unspecified atom stereocenters. The summed E-state index contributed by atoms with van der Waals surface area (Å²) in [5.74, 6) is -2.32. The number of alkyl carbamates (subject to hydrolysis) is 1. The maximum atomic E-state index is 14.2. The molecule has 17 heteroatoms. The van der Waals surface area contributed by atoms with Crippen molar-refractivity contribution in [3.05, 3.63) is 59.7 Å². The number of carbonyl (C=O) groups excluding carboxylic acids is 7. The minimum absolute atomic E-state index is 0.00212. The van der Waals surface area contributed by atoms with Crippen molar-refractivity contribution in [2.24, 2.45) is 16.9 Å². The molecule has 2 aromatic carbocycles. The molecule has 0 spiro atoms. The summed E-state index contributed by atoms with van der Waals surface area (Å²) < 4.78 is 11.2. The van der Waals surface area contributed by atoms with Crippen molar-refractivity contribution in [1.29, 1.82) is 0 Å². The lowest BCUT2D eigenvalue weighted by Gasteiger charge is -2.43. The molecule has 2 heterocycles. The Hall–Kier alpha value is -6.00. The number of fused-ring (bicyclic) bond motifs is 4. The second-order valence-electron chi connectivity index (χ2n) is 16.8. The van der Waals surface area contributed by atoms with E-state index in [1.54, 1.807) is 27.8 Å². The highest BCUT2D eigenvalue weighted by atomic mass is 16.6. The average Bonchev–Trinajstić information content (AvgIpc) is 3.49. The predicted molar refractivity (Wildman–Crippen MR) is 220 cm³/mol. The van der Waals surface area contributed by atoms with Crippen LogP contribution in [0.5, 0.6) is 0 Å². The van der Waals surface area contributed by atoms with Gasteiger partial charge in [-0.05, 0) is 93.9 Å². The van der Waals surface area contributed by atoms with Gasteiger partial charge in [0.05, 0.1) is 12.5 Å². The molecule has 17 nitrogen and oxygen atoms in total. The van der Waals surface area contributed by atoms with E-state index in [1.165, 1.54) is 11.2 Å². The van der Waals surface area contributed by atoms with Gasteiger partial charge in [-0.2, -0.15) is 5.10 Å². The van der Waals surface area contributed by atoms with Crippen LogP contribution in [0.25, 0.3) is 11.1 Å². The Morgan fingerprint density at radius 2 is 1.57 bits per heavy atom. The van der Waals surface area contributed by atoms with Gasteiger partial charge in [0.1, 0.15) is 24.3 Å². The number of urea groups is 1. The zero-order valence-electron chi connectivity index (χ0n) is 34.7. The minimum Gasteiger partial charge on any atom is -0.460 e. The molecule has 322 valence electrons. The van der Waals surface area contributed by atoms with Crippen molar-refractivity contribution in [2.45, 2.75) is 108 Å². The third-order valence-corrected chi connectivity index (χ3v) is 11.4. The molecule has 4 aliphatic rings. The number of nitrogens with zero attached hydrogens (tertiary/aromatic N) is 3. The summed E-state index contributed by atoms with van der Waals surface area (Å²) in [5.41, 5.74) is 5.75. The van der Waals surface area contributed by atoms with Crippen molar-refractivity contribution < 1.29 is 43.0 Å². The Balaban J connectivity index is 1.08. The quantitative estimate of drug-likeness (QED) is 0.120. The summed E-state index contributed by atoms with van der Waals surface area (Å²) in [6.45, 7) is 5.72. The molecule has 6 rings (SSSR count). The van der Waals surface area contributed by atoms with Crippen LogP contribution in [0.1, 0.15) is 95.6 Å². The Bertz CT molecular complexity index is 1930. The summed E-state index contributed by atoms with van der Waals surface area (Å²) in [5, 5.41) is 17.2. The number of hydrazone groups is 1. The number of esters is 1. The van der Waals surface area contributed by atoms with E-state index in [-0.39, 0.29) is 68.4 Å². The fourth-order valence-corrected chi connectivity index (χ4v) is 8.47. The maximum Gasteiger partial charge on any atom is 0.407 e. The largest absolute Gasteiger partial charge is 0.460 e. The molecule has 7 amide bonds. The zero-order valence-corrected chi connectivity index (χ0v) is 34.7. The van der Waals surface area contributed by atoms with Crippen molar-refractivity contribution in [1.82, 2.24) is 36.7 Å². The van der Waals surface area contributed by atoms with E-state index in [9.17, 15) is 33.6 Å². The van der Waals surface area contributed by atoms with E-state index in [0.29, 0.717) is 13.0 Å². The van der Waals surface area contributed by atoms with Crippen LogP contribution in [0, 0.1) is 11.8 Å². The highest BCUT2D eigenvalue weighted by Gasteiger charge is 2.45. The van der Waals surface area contributed by atoms with Crippen molar-refractivity contribution >= 4 is 47.9 Å². The van der Waals surface area contributed by atoms with E-state index in [1.807, 2.05) is 48.5 Å². The molecule has 2 saturated heterocycles. The number of hydrogen-bond donors (Lipinski definition) is 5. The first-order chi connectivity index (χ1) is 28.7. The SMILES string of the molecule is CNC(=O)C1CCC(CNC(=O)N/N=C/[C@H](CC(=O)OC(C)(C)C)NC(=O)[C@@H]2CCCN3C(=O)CCC(NC(=O)OCC4c5ccccc5-c5ccccc54)C(=O)N23)CC1. The lowest BCUT2D eigenvalue weighted by molar-refractivity contribution is -0.176. The van der Waals surface area contributed by atoms with Crippen LogP contribution < -0.4 is 26.7 Å². The summed E-state index contributed by atoms with van der Waals surface area (Å²) >= 11 is 0. The first-order valence-corrected chi connectivity index (χ1v) is 20.8. The molecule has 3 fully saturated rings. The standard InChI is InChI=1S/C43H56N8O9/c1-43(2,3)60-37(53)22-28(24-46-49-41(57)45-23-26-15-17-27(18-16-26)38(54)44-4)47-39(55)35-14-9-21-50-36(52)20-19-34(40(56)51(35)50)48-42(58)59-25-33-31-12-7-5-10-29(31)30-11-6-8-13-32(30)33/h5-8,10-13,24,26-28,33-35H,9,14-23,25H2,1-4H3,(H,44,54)(H,47,55)(H,48,58)(H2,45,49,57)/b46-24+/t26?,27?,28-,34?,35-/m0/s1. The number of ether oxygens (including phenoxy) is 2. The number of carbonyl (C=O) groups is 7. The monoisotopic (exact) mass is 828 g/mol. The van der Waals surface area contributed by atoms with Crippen LogP contribution in [0.15, 0.2) is 53.6 Å². The second-order valence-corrected chi connectivity index (χ2v) is 16.8. The minimum atomic E-state index is -1.16. The van der Waals surface area contributed by atoms with Gasteiger partial charge in [0.15, 0.2) is 0 Å². The summed E-state index contributed by atoms with van der Waals surface area (Å²) in [7, 11) is 1.62. The fourth-order valence-electron chi connectivity index (χ4n) is 8.47. The highest BCUT2D eigenvalue weighted by molar-refractivity contribution is 5.96. The Labute approximate surface area is 349 Å². The molecule has 1 saturated carbocycles. The molecule has 2 aromatic rings. The molecule has 0 radical (unpaired) electrons. The van der Waals surface area contributed by atoms with Crippen molar-refractivity contribution in [3.63, 3.8) is 0 Å². The van der Waals surface area contributed by atoms with Gasteiger partial charge in [-0.15, -0.1) is 0 Å². The molecular weight excluding hydrogens is 773 g/mol. The van der Waals surface area contributed by atoms with E-state index in [2.05, 4.69) is 31.8 Å².